The van der Waals surface area contributed by atoms with Gasteiger partial charge in [-0.1, -0.05) is 53.2 Å². The van der Waals surface area contributed by atoms with Crippen LogP contribution in [0.5, 0.6) is 0 Å². The number of carbonyl (C=O) groups is 1. The number of aliphatic imine (C=N–C) groups is 1. The van der Waals surface area contributed by atoms with Gasteiger partial charge < -0.3 is 4.90 Å². The second kappa shape index (κ2) is 8.39. The van der Waals surface area contributed by atoms with Crippen molar-refractivity contribution in [3.63, 3.8) is 0 Å². The van der Waals surface area contributed by atoms with Crippen LogP contribution in [0.1, 0.15) is 16.7 Å². The molecule has 2 aliphatic rings. The molecule has 5 nitrogen and oxygen atoms in total. The van der Waals surface area contributed by atoms with Gasteiger partial charge in [-0.25, -0.2) is 8.42 Å². The molecule has 32 heavy (non-hydrogen) atoms. The molecule has 2 unspecified atom stereocenters. The standard InChI is InChI=1S/C21H18ClF3N2O3S2/c1-12-3-2-4-13(7-12)8-19(28)26-20-27(17-10-32(29,30)11-18(17)31-20)16-9-14(21(23,24)25)5-6-15(16)22/h2-7,9,17-18H,8,10-11H2,1H3. The molecule has 0 radical (unpaired) electrons. The Morgan fingerprint density at radius 2 is 1.97 bits per heavy atom. The number of thioether (sulfide) groups is 1. The van der Waals surface area contributed by atoms with Crippen LogP contribution in [-0.4, -0.2) is 42.3 Å². The molecule has 2 saturated heterocycles. The zero-order valence-corrected chi connectivity index (χ0v) is 19.2. The van der Waals surface area contributed by atoms with E-state index in [9.17, 15) is 26.4 Å². The molecule has 0 aliphatic carbocycles. The average molecular weight is 503 g/mol. The molecule has 0 saturated carbocycles. The van der Waals surface area contributed by atoms with Crippen molar-refractivity contribution in [1.82, 2.24) is 0 Å². The molecule has 2 aromatic carbocycles. The molecule has 2 fully saturated rings. The highest BCUT2D eigenvalue weighted by atomic mass is 35.5. The SMILES string of the molecule is Cc1cccc(CC(=O)N=C2SC3CS(=O)(=O)CC3N2c2cc(C(F)(F)F)ccc2Cl)c1. The number of nitrogens with zero attached hydrogens (tertiary/aromatic N) is 2. The number of hydrogen-bond donors (Lipinski definition) is 0. The quantitative estimate of drug-likeness (QED) is 0.617. The highest BCUT2D eigenvalue weighted by Gasteiger charge is 2.50. The molecule has 0 bridgehead atoms. The largest absolute Gasteiger partial charge is 0.416 e. The summed E-state index contributed by atoms with van der Waals surface area (Å²) < 4.78 is 64.3. The van der Waals surface area contributed by atoms with Crippen molar-refractivity contribution in [3.8, 4) is 0 Å². The van der Waals surface area contributed by atoms with Gasteiger partial charge in [0.25, 0.3) is 5.91 Å². The second-order valence-corrected chi connectivity index (χ2v) is 11.6. The lowest BCUT2D eigenvalue weighted by atomic mass is 10.1. The van der Waals surface area contributed by atoms with E-state index in [1.165, 1.54) is 4.90 Å². The number of aryl methyl sites for hydroxylation is 1. The van der Waals surface area contributed by atoms with Gasteiger partial charge >= 0.3 is 6.18 Å². The van der Waals surface area contributed by atoms with Gasteiger partial charge in [0.1, 0.15) is 0 Å². The first-order valence-electron chi connectivity index (χ1n) is 9.63. The fraction of sp³-hybridized carbons (Fsp3) is 0.333. The van der Waals surface area contributed by atoms with Crippen LogP contribution >= 0.6 is 23.4 Å². The number of anilines is 1. The number of halogens is 4. The van der Waals surface area contributed by atoms with E-state index >= 15 is 0 Å². The van der Waals surface area contributed by atoms with Crippen LogP contribution in [0.4, 0.5) is 18.9 Å². The number of sulfone groups is 1. The van der Waals surface area contributed by atoms with Gasteiger partial charge in [-0.2, -0.15) is 18.2 Å². The van der Waals surface area contributed by atoms with E-state index < -0.39 is 38.8 Å². The van der Waals surface area contributed by atoms with E-state index in [4.69, 9.17) is 11.6 Å². The fourth-order valence-corrected chi connectivity index (χ4v) is 8.00. The maximum Gasteiger partial charge on any atom is 0.416 e. The summed E-state index contributed by atoms with van der Waals surface area (Å²) in [5.41, 5.74) is 0.807. The molecule has 4 rings (SSSR count). The van der Waals surface area contributed by atoms with Crippen LogP contribution in [0.2, 0.25) is 5.02 Å². The molecular formula is C21H18ClF3N2O3S2. The zero-order valence-electron chi connectivity index (χ0n) is 16.8. The Labute approximate surface area is 192 Å². The second-order valence-electron chi connectivity index (χ2n) is 7.79. The van der Waals surface area contributed by atoms with Gasteiger partial charge in [0.2, 0.25) is 0 Å². The fourth-order valence-electron chi connectivity index (χ4n) is 3.86. The van der Waals surface area contributed by atoms with Crippen LogP contribution in [0.25, 0.3) is 0 Å². The molecule has 2 heterocycles. The maximum atomic E-state index is 13.3. The number of benzene rings is 2. The van der Waals surface area contributed by atoms with Crippen molar-refractivity contribution in [3.05, 3.63) is 64.2 Å². The third kappa shape index (κ3) is 4.82. The summed E-state index contributed by atoms with van der Waals surface area (Å²) in [5.74, 6) is -0.864. The predicted octanol–water partition coefficient (Wildman–Crippen LogP) is 4.51. The zero-order chi connectivity index (χ0) is 23.3. The summed E-state index contributed by atoms with van der Waals surface area (Å²) in [7, 11) is -3.37. The van der Waals surface area contributed by atoms with Crippen LogP contribution < -0.4 is 4.90 Å². The van der Waals surface area contributed by atoms with Gasteiger partial charge in [-0.15, -0.1) is 0 Å². The molecule has 0 spiro atoms. The number of hydrogen-bond acceptors (Lipinski definition) is 4. The molecule has 0 N–H and O–H groups in total. The first-order chi connectivity index (χ1) is 14.9. The highest BCUT2D eigenvalue weighted by molar-refractivity contribution is 8.16. The molecule has 170 valence electrons. The number of alkyl halides is 3. The smallest absolute Gasteiger partial charge is 0.314 e. The Morgan fingerprint density at radius 3 is 2.66 bits per heavy atom. The van der Waals surface area contributed by atoms with Crippen LogP contribution in [0, 0.1) is 6.92 Å². The van der Waals surface area contributed by atoms with Gasteiger partial charge in [0, 0.05) is 5.25 Å². The van der Waals surface area contributed by atoms with E-state index in [0.29, 0.717) is 0 Å². The highest BCUT2D eigenvalue weighted by Crippen LogP contribution is 2.44. The van der Waals surface area contributed by atoms with E-state index in [0.717, 1.165) is 41.1 Å². The Hall–Kier alpha value is -2.04. The van der Waals surface area contributed by atoms with E-state index in [2.05, 4.69) is 4.99 Å². The van der Waals surface area contributed by atoms with E-state index in [-0.39, 0.29) is 33.8 Å². The lowest BCUT2D eigenvalue weighted by Gasteiger charge is -2.26. The van der Waals surface area contributed by atoms with Crippen LogP contribution in [-0.2, 0) is 27.2 Å². The first-order valence-corrected chi connectivity index (χ1v) is 12.7. The number of amides is 1. The predicted molar refractivity (Wildman–Crippen MR) is 120 cm³/mol. The van der Waals surface area contributed by atoms with Gasteiger partial charge in [0.15, 0.2) is 15.0 Å². The molecule has 2 atom stereocenters. The number of carbonyl (C=O) groups excluding carboxylic acids is 1. The topological polar surface area (TPSA) is 66.8 Å². The summed E-state index contributed by atoms with van der Waals surface area (Å²) in [6, 6.07) is 9.54. The minimum Gasteiger partial charge on any atom is -0.314 e. The van der Waals surface area contributed by atoms with Gasteiger partial charge in [-0.05, 0) is 30.7 Å². The van der Waals surface area contributed by atoms with Crippen LogP contribution in [0.15, 0.2) is 47.5 Å². The third-order valence-electron chi connectivity index (χ3n) is 5.26. The number of rotatable bonds is 3. The van der Waals surface area contributed by atoms with Crippen molar-refractivity contribution >= 4 is 50.0 Å². The number of amidine groups is 1. The minimum atomic E-state index is -4.61. The van der Waals surface area contributed by atoms with Crippen molar-refractivity contribution in [2.75, 3.05) is 16.4 Å². The summed E-state index contributed by atoms with van der Waals surface area (Å²) in [6.07, 6.45) is -4.59. The van der Waals surface area contributed by atoms with Crippen molar-refractivity contribution in [2.24, 2.45) is 4.99 Å². The molecule has 0 aromatic heterocycles. The average Bonchev–Trinajstić information content (AvgIpc) is 3.12. The summed E-state index contributed by atoms with van der Waals surface area (Å²) in [4.78, 5) is 18.2. The molecule has 1 amide bonds. The number of fused-ring (bicyclic) bond motifs is 1. The normalized spacial score (nSPS) is 23.5. The Balaban J connectivity index is 1.72. The van der Waals surface area contributed by atoms with Gasteiger partial charge in [-0.3, -0.25) is 4.79 Å². The lowest BCUT2D eigenvalue weighted by molar-refractivity contribution is -0.137. The summed E-state index contributed by atoms with van der Waals surface area (Å²) in [6.45, 7) is 1.89. The monoisotopic (exact) mass is 502 g/mol. The van der Waals surface area contributed by atoms with Crippen molar-refractivity contribution in [2.45, 2.75) is 30.8 Å². The maximum absolute atomic E-state index is 13.3. The van der Waals surface area contributed by atoms with E-state index in [1.807, 2.05) is 25.1 Å². The Kier molecular flexibility index (Phi) is 6.06. The van der Waals surface area contributed by atoms with Crippen molar-refractivity contribution < 1.29 is 26.4 Å². The molecular weight excluding hydrogens is 485 g/mol. The minimum absolute atomic E-state index is 0.0132. The first kappa shape index (κ1) is 23.1. The van der Waals surface area contributed by atoms with Crippen molar-refractivity contribution in [1.29, 1.82) is 0 Å². The van der Waals surface area contributed by atoms with Crippen LogP contribution in [0.3, 0.4) is 0 Å². The summed E-state index contributed by atoms with van der Waals surface area (Å²) in [5, 5.41) is -0.271. The van der Waals surface area contributed by atoms with Gasteiger partial charge in [0.05, 0.1) is 40.2 Å². The lowest BCUT2D eigenvalue weighted by Crippen LogP contribution is -2.38. The molecule has 11 heteroatoms. The molecule has 2 aromatic rings. The summed E-state index contributed by atoms with van der Waals surface area (Å²) >= 11 is 7.32. The Morgan fingerprint density at radius 1 is 1.22 bits per heavy atom. The third-order valence-corrected chi connectivity index (χ3v) is 8.79. The van der Waals surface area contributed by atoms with E-state index in [1.54, 1.807) is 6.07 Å². The molecule has 2 aliphatic heterocycles. The Bertz CT molecular complexity index is 1220.